The summed E-state index contributed by atoms with van der Waals surface area (Å²) in [5.74, 6) is 0.245. The Kier molecular flexibility index (Phi) is 3.27. The van der Waals surface area contributed by atoms with Crippen molar-refractivity contribution in [2.24, 2.45) is 16.7 Å². The van der Waals surface area contributed by atoms with E-state index in [2.05, 4.69) is 13.8 Å². The van der Waals surface area contributed by atoms with Crippen LogP contribution in [-0.2, 0) is 14.8 Å². The number of nitrogens with zero attached hydrogens (tertiary/aromatic N) is 1. The van der Waals surface area contributed by atoms with E-state index in [9.17, 15) is 13.2 Å². The van der Waals surface area contributed by atoms with E-state index in [1.807, 2.05) is 30.3 Å². The fourth-order valence-corrected chi connectivity index (χ4v) is 7.89. The summed E-state index contributed by atoms with van der Waals surface area (Å²) in [5.41, 5.74) is 0.626. The summed E-state index contributed by atoms with van der Waals surface area (Å²) in [5, 5.41) is 0. The van der Waals surface area contributed by atoms with Crippen LogP contribution in [0.4, 0.5) is 0 Å². The summed E-state index contributed by atoms with van der Waals surface area (Å²) in [6.07, 6.45) is 5.92. The molecule has 3 fully saturated rings. The Morgan fingerprint density at radius 2 is 1.96 bits per heavy atom. The molecule has 0 aromatic heterocycles. The van der Waals surface area contributed by atoms with E-state index in [4.69, 9.17) is 0 Å². The Hall–Kier alpha value is -1.62. The van der Waals surface area contributed by atoms with Gasteiger partial charge in [0.25, 0.3) is 5.91 Å². The lowest BCUT2D eigenvalue weighted by Gasteiger charge is -2.36. The van der Waals surface area contributed by atoms with Gasteiger partial charge in [0.1, 0.15) is 0 Å². The van der Waals surface area contributed by atoms with Gasteiger partial charge in [-0.1, -0.05) is 44.2 Å². The Morgan fingerprint density at radius 1 is 1.25 bits per heavy atom. The molecule has 1 spiro atoms. The smallest absolute Gasteiger partial charge is 0.260 e. The molecule has 128 valence electrons. The van der Waals surface area contributed by atoms with Crippen LogP contribution in [0.25, 0.3) is 6.08 Å². The molecule has 1 aromatic carbocycles. The predicted octanol–water partition coefficient (Wildman–Crippen LogP) is 3.07. The zero-order valence-electron chi connectivity index (χ0n) is 14.1. The summed E-state index contributed by atoms with van der Waals surface area (Å²) in [4.78, 5) is 12.7. The van der Waals surface area contributed by atoms with Gasteiger partial charge in [0.15, 0.2) is 0 Å². The summed E-state index contributed by atoms with van der Waals surface area (Å²) >= 11 is 0. The highest BCUT2D eigenvalue weighted by atomic mass is 32.2. The van der Waals surface area contributed by atoms with Gasteiger partial charge < -0.3 is 0 Å². The van der Waals surface area contributed by atoms with Crippen molar-refractivity contribution in [2.75, 3.05) is 5.75 Å². The Bertz CT molecular complexity index is 812. The second kappa shape index (κ2) is 4.94. The lowest BCUT2D eigenvalue weighted by Crippen LogP contribution is -2.43. The largest absolute Gasteiger partial charge is 0.269 e. The molecule has 1 heterocycles. The van der Waals surface area contributed by atoms with E-state index in [0.717, 1.165) is 24.8 Å². The first-order chi connectivity index (χ1) is 11.3. The van der Waals surface area contributed by atoms with Crippen molar-refractivity contribution in [1.82, 2.24) is 4.31 Å². The van der Waals surface area contributed by atoms with E-state index >= 15 is 0 Å². The normalized spacial score (nSPS) is 35.5. The van der Waals surface area contributed by atoms with Gasteiger partial charge in [0.05, 0.1) is 11.8 Å². The Labute approximate surface area is 143 Å². The highest BCUT2D eigenvalue weighted by Gasteiger charge is 2.72. The van der Waals surface area contributed by atoms with Crippen molar-refractivity contribution in [2.45, 2.75) is 39.2 Å². The predicted molar refractivity (Wildman–Crippen MR) is 93.5 cm³/mol. The number of sulfonamides is 1. The minimum Gasteiger partial charge on any atom is -0.269 e. The monoisotopic (exact) mass is 345 g/mol. The first-order valence-electron chi connectivity index (χ1n) is 8.57. The Morgan fingerprint density at radius 3 is 2.62 bits per heavy atom. The van der Waals surface area contributed by atoms with Gasteiger partial charge in [-0.2, -0.15) is 0 Å². The summed E-state index contributed by atoms with van der Waals surface area (Å²) in [6.45, 7) is 4.38. The molecule has 1 saturated heterocycles. The molecular formula is C19H23NO3S. The highest BCUT2D eigenvalue weighted by Crippen LogP contribution is 2.69. The minimum absolute atomic E-state index is 0.0110. The molecule has 2 bridgehead atoms. The van der Waals surface area contributed by atoms with E-state index in [0.29, 0.717) is 5.92 Å². The molecule has 24 heavy (non-hydrogen) atoms. The fourth-order valence-electron chi connectivity index (χ4n) is 5.38. The van der Waals surface area contributed by atoms with Crippen molar-refractivity contribution >= 4 is 22.0 Å². The van der Waals surface area contributed by atoms with Crippen molar-refractivity contribution in [3.05, 3.63) is 42.0 Å². The number of fused-ring (bicyclic) bond motifs is 1. The number of carbonyl (C=O) groups excluding carboxylic acids is 1. The molecule has 3 unspecified atom stereocenters. The fraction of sp³-hybridized carbons (Fsp3) is 0.526. The third-order valence-electron chi connectivity index (χ3n) is 6.85. The van der Waals surface area contributed by atoms with Crippen LogP contribution in [0.5, 0.6) is 0 Å². The standard InChI is InChI=1S/C19H23NO3S/c1-18(2)15-10-11-19(18)13-24(22,23)20(16(19)12-15)17(21)9-8-14-6-4-3-5-7-14/h3-9,15-16H,10-13H2,1-2H3/b9-8-. The minimum atomic E-state index is -3.53. The SMILES string of the molecule is CC1(C)C2CCC13CS(=O)(=O)N(C(=O)/C=C\c1ccccc1)C3C2. The first kappa shape index (κ1) is 15.9. The van der Waals surface area contributed by atoms with Crippen molar-refractivity contribution in [3.8, 4) is 0 Å². The molecule has 1 amide bonds. The van der Waals surface area contributed by atoms with Crippen LogP contribution in [0, 0.1) is 16.7 Å². The van der Waals surface area contributed by atoms with Crippen LogP contribution in [-0.4, -0.2) is 30.4 Å². The van der Waals surface area contributed by atoms with Gasteiger partial charge in [0.2, 0.25) is 10.0 Å². The molecule has 2 saturated carbocycles. The van der Waals surface area contributed by atoms with Crippen LogP contribution in [0.2, 0.25) is 0 Å². The number of amides is 1. The van der Waals surface area contributed by atoms with Crippen molar-refractivity contribution < 1.29 is 13.2 Å². The van der Waals surface area contributed by atoms with Crippen molar-refractivity contribution in [1.29, 1.82) is 0 Å². The first-order valence-corrected chi connectivity index (χ1v) is 10.2. The van der Waals surface area contributed by atoms with Gasteiger partial charge in [0, 0.05) is 11.5 Å². The molecule has 0 N–H and O–H groups in total. The Balaban J connectivity index is 1.66. The van der Waals surface area contributed by atoms with Gasteiger partial charge in [-0.25, -0.2) is 12.7 Å². The quantitative estimate of drug-likeness (QED) is 0.774. The van der Waals surface area contributed by atoms with E-state index in [-0.39, 0.29) is 22.6 Å². The lowest BCUT2D eigenvalue weighted by atomic mass is 9.69. The van der Waals surface area contributed by atoms with Crippen molar-refractivity contribution in [3.63, 3.8) is 0 Å². The number of rotatable bonds is 2. The lowest BCUT2D eigenvalue weighted by molar-refractivity contribution is -0.123. The summed E-state index contributed by atoms with van der Waals surface area (Å²) < 4.78 is 26.7. The molecule has 0 radical (unpaired) electrons. The van der Waals surface area contributed by atoms with Crippen LogP contribution < -0.4 is 0 Å². The molecule has 1 aliphatic heterocycles. The maximum Gasteiger partial charge on any atom is 0.260 e. The maximum atomic E-state index is 12.8. The van der Waals surface area contributed by atoms with Crippen LogP contribution in [0.15, 0.2) is 36.4 Å². The second-order valence-electron chi connectivity index (χ2n) is 8.00. The van der Waals surface area contributed by atoms with E-state index in [1.165, 1.54) is 10.4 Å². The molecule has 1 aromatic rings. The summed E-state index contributed by atoms with van der Waals surface area (Å²) in [6, 6.07) is 9.32. The number of benzene rings is 1. The molecule has 4 nitrogen and oxygen atoms in total. The number of hydrogen-bond donors (Lipinski definition) is 0. The number of hydrogen-bond acceptors (Lipinski definition) is 3. The van der Waals surface area contributed by atoms with Gasteiger partial charge >= 0.3 is 0 Å². The molecule has 2 aliphatic carbocycles. The molecule has 3 atom stereocenters. The van der Waals surface area contributed by atoms with Crippen LogP contribution in [0.1, 0.15) is 38.7 Å². The van der Waals surface area contributed by atoms with Gasteiger partial charge in [-0.15, -0.1) is 0 Å². The van der Waals surface area contributed by atoms with E-state index in [1.54, 1.807) is 6.08 Å². The molecule has 5 heteroatoms. The molecule has 3 aliphatic rings. The highest BCUT2D eigenvalue weighted by molar-refractivity contribution is 7.90. The van der Waals surface area contributed by atoms with Gasteiger partial charge in [-0.05, 0) is 42.2 Å². The molecular weight excluding hydrogens is 322 g/mol. The third kappa shape index (κ3) is 1.97. The second-order valence-corrected chi connectivity index (χ2v) is 9.85. The van der Waals surface area contributed by atoms with E-state index < -0.39 is 15.9 Å². The maximum absolute atomic E-state index is 12.8. The number of carbonyl (C=O) groups is 1. The molecule has 4 rings (SSSR count). The average Bonchev–Trinajstić information content (AvgIpc) is 3.01. The van der Waals surface area contributed by atoms with Crippen LogP contribution in [0.3, 0.4) is 0 Å². The van der Waals surface area contributed by atoms with Gasteiger partial charge in [-0.3, -0.25) is 4.79 Å². The summed E-state index contributed by atoms with van der Waals surface area (Å²) in [7, 11) is -3.53. The topological polar surface area (TPSA) is 54.5 Å². The average molecular weight is 345 g/mol. The zero-order chi connectivity index (χ0) is 17.2. The zero-order valence-corrected chi connectivity index (χ0v) is 14.9. The third-order valence-corrected chi connectivity index (χ3v) is 8.76. The van der Waals surface area contributed by atoms with Crippen LogP contribution >= 0.6 is 0 Å².